The zero-order valence-corrected chi connectivity index (χ0v) is 8.97. The molecule has 0 aromatic heterocycles. The largest absolute Gasteiger partial charge is 0.472 e. The van der Waals surface area contributed by atoms with Gasteiger partial charge in [0.15, 0.2) is 6.23 Å². The molecule has 0 amide bonds. The summed E-state index contributed by atoms with van der Waals surface area (Å²) in [6.07, 6.45) is 4.98. The highest BCUT2D eigenvalue weighted by molar-refractivity contribution is 5.85. The van der Waals surface area contributed by atoms with Gasteiger partial charge in [0.1, 0.15) is 11.6 Å². The number of hydrogen-bond acceptors (Lipinski definition) is 2. The molecule has 0 saturated carbocycles. The van der Waals surface area contributed by atoms with Gasteiger partial charge in [-0.15, -0.1) is 12.4 Å². The molecule has 15 heavy (non-hydrogen) atoms. The predicted molar refractivity (Wildman–Crippen MR) is 59.8 cm³/mol. The number of halogens is 2. The minimum Gasteiger partial charge on any atom is -0.472 e. The van der Waals surface area contributed by atoms with E-state index in [0.717, 1.165) is 13.0 Å². The molecule has 1 aliphatic heterocycles. The van der Waals surface area contributed by atoms with Crippen molar-refractivity contribution in [3.8, 4) is 5.75 Å². The van der Waals surface area contributed by atoms with Crippen LogP contribution in [0.15, 0.2) is 36.4 Å². The molecule has 2 rings (SSSR count). The average Bonchev–Trinajstić information content (AvgIpc) is 2.23. The standard InChI is InChI=1S/C11H12FNO.ClH/c12-9-4-6-10(7-5-9)14-11-3-1-2-8-13-11;/h1,3-7,11,13H,2,8H2;1H. The van der Waals surface area contributed by atoms with Crippen LogP contribution < -0.4 is 10.1 Å². The molecule has 1 unspecified atom stereocenters. The Morgan fingerprint density at radius 3 is 2.60 bits per heavy atom. The molecule has 2 nitrogen and oxygen atoms in total. The van der Waals surface area contributed by atoms with Gasteiger partial charge in [-0.05, 0) is 36.8 Å². The lowest BCUT2D eigenvalue weighted by molar-refractivity contribution is 0.206. The van der Waals surface area contributed by atoms with Crippen molar-refractivity contribution < 1.29 is 9.13 Å². The summed E-state index contributed by atoms with van der Waals surface area (Å²) in [4.78, 5) is 0. The fourth-order valence-electron chi connectivity index (χ4n) is 1.34. The summed E-state index contributed by atoms with van der Waals surface area (Å²) in [5.41, 5.74) is 0. The van der Waals surface area contributed by atoms with Crippen LogP contribution in [0.2, 0.25) is 0 Å². The lowest BCUT2D eigenvalue weighted by Gasteiger charge is -2.19. The van der Waals surface area contributed by atoms with Gasteiger partial charge in [0.05, 0.1) is 0 Å². The van der Waals surface area contributed by atoms with Gasteiger partial charge in [-0.3, -0.25) is 5.32 Å². The first-order valence-electron chi connectivity index (χ1n) is 4.67. The SMILES string of the molecule is Cl.Fc1ccc(OC2C=CCCN2)cc1. The molecule has 0 bridgehead atoms. The van der Waals surface area contributed by atoms with Crippen molar-refractivity contribution in [2.45, 2.75) is 12.6 Å². The summed E-state index contributed by atoms with van der Waals surface area (Å²) >= 11 is 0. The van der Waals surface area contributed by atoms with Crippen molar-refractivity contribution in [3.05, 3.63) is 42.2 Å². The second kappa shape index (κ2) is 5.73. The Morgan fingerprint density at radius 1 is 1.27 bits per heavy atom. The highest BCUT2D eigenvalue weighted by Crippen LogP contribution is 2.13. The van der Waals surface area contributed by atoms with Crippen LogP contribution in [0, 0.1) is 5.82 Å². The summed E-state index contributed by atoms with van der Waals surface area (Å²) in [5.74, 6) is 0.431. The molecule has 1 atom stereocenters. The topological polar surface area (TPSA) is 21.3 Å². The molecule has 1 aliphatic rings. The highest BCUT2D eigenvalue weighted by Gasteiger charge is 2.07. The Morgan fingerprint density at radius 2 is 2.00 bits per heavy atom. The molecule has 1 aromatic rings. The molecule has 0 aliphatic carbocycles. The van der Waals surface area contributed by atoms with E-state index in [1.807, 2.05) is 6.08 Å². The zero-order chi connectivity index (χ0) is 9.80. The van der Waals surface area contributed by atoms with Gasteiger partial charge in [0.2, 0.25) is 0 Å². The Hall–Kier alpha value is -1.06. The second-order valence-electron chi connectivity index (χ2n) is 3.16. The van der Waals surface area contributed by atoms with Crippen LogP contribution in [0.1, 0.15) is 6.42 Å². The maximum atomic E-state index is 12.6. The first-order chi connectivity index (χ1) is 6.84. The Bertz CT molecular complexity index is 326. The number of ether oxygens (including phenoxy) is 1. The van der Waals surface area contributed by atoms with Gasteiger partial charge < -0.3 is 4.74 Å². The zero-order valence-electron chi connectivity index (χ0n) is 8.15. The summed E-state index contributed by atoms with van der Waals surface area (Å²) in [6, 6.07) is 6.03. The van der Waals surface area contributed by atoms with E-state index < -0.39 is 0 Å². The van der Waals surface area contributed by atoms with Gasteiger partial charge >= 0.3 is 0 Å². The summed E-state index contributed by atoms with van der Waals surface area (Å²) in [5, 5.41) is 3.18. The fraction of sp³-hybridized carbons (Fsp3) is 0.273. The van der Waals surface area contributed by atoms with Crippen LogP contribution >= 0.6 is 12.4 Å². The van der Waals surface area contributed by atoms with Crippen molar-refractivity contribution in [3.63, 3.8) is 0 Å². The van der Waals surface area contributed by atoms with Gasteiger partial charge in [0, 0.05) is 6.54 Å². The molecular weight excluding hydrogens is 217 g/mol. The number of hydrogen-bond donors (Lipinski definition) is 1. The molecule has 0 fully saturated rings. The first kappa shape index (κ1) is 12.0. The Kier molecular flexibility index (Phi) is 4.59. The van der Waals surface area contributed by atoms with E-state index in [0.29, 0.717) is 5.75 Å². The molecule has 1 N–H and O–H groups in total. The molecule has 0 saturated heterocycles. The minimum absolute atomic E-state index is 0. The second-order valence-corrected chi connectivity index (χ2v) is 3.16. The van der Waals surface area contributed by atoms with Crippen LogP contribution in [0.5, 0.6) is 5.75 Å². The van der Waals surface area contributed by atoms with E-state index in [1.54, 1.807) is 12.1 Å². The Balaban J connectivity index is 0.00000112. The van der Waals surface area contributed by atoms with Crippen LogP contribution in [0.4, 0.5) is 4.39 Å². The summed E-state index contributed by atoms with van der Waals surface area (Å²) < 4.78 is 18.1. The van der Waals surface area contributed by atoms with Gasteiger partial charge in [-0.25, -0.2) is 4.39 Å². The number of benzene rings is 1. The third-order valence-electron chi connectivity index (χ3n) is 2.04. The monoisotopic (exact) mass is 229 g/mol. The van der Waals surface area contributed by atoms with Crippen molar-refractivity contribution in [2.75, 3.05) is 6.54 Å². The minimum atomic E-state index is -0.246. The van der Waals surface area contributed by atoms with Crippen LogP contribution in [0.25, 0.3) is 0 Å². The third-order valence-corrected chi connectivity index (χ3v) is 2.04. The molecule has 0 radical (unpaired) electrons. The molecule has 0 spiro atoms. The normalized spacial score (nSPS) is 19.4. The molecule has 1 aromatic carbocycles. The van der Waals surface area contributed by atoms with E-state index in [-0.39, 0.29) is 24.5 Å². The van der Waals surface area contributed by atoms with Crippen molar-refractivity contribution in [2.24, 2.45) is 0 Å². The van der Waals surface area contributed by atoms with Crippen molar-refractivity contribution in [1.82, 2.24) is 5.32 Å². The maximum absolute atomic E-state index is 12.6. The fourth-order valence-corrected chi connectivity index (χ4v) is 1.34. The highest BCUT2D eigenvalue weighted by atomic mass is 35.5. The predicted octanol–water partition coefficient (Wildman–Crippen LogP) is 2.50. The van der Waals surface area contributed by atoms with E-state index in [1.165, 1.54) is 12.1 Å². The third kappa shape index (κ3) is 3.53. The first-order valence-corrected chi connectivity index (χ1v) is 4.67. The van der Waals surface area contributed by atoms with Gasteiger partial charge in [0.25, 0.3) is 0 Å². The molecular formula is C11H13ClFNO. The van der Waals surface area contributed by atoms with Crippen molar-refractivity contribution in [1.29, 1.82) is 0 Å². The lowest BCUT2D eigenvalue weighted by atomic mass is 10.3. The molecule has 1 heterocycles. The summed E-state index contributed by atoms with van der Waals surface area (Å²) in [7, 11) is 0. The van der Waals surface area contributed by atoms with Gasteiger partial charge in [-0.2, -0.15) is 0 Å². The van der Waals surface area contributed by atoms with E-state index in [4.69, 9.17) is 4.74 Å². The van der Waals surface area contributed by atoms with Crippen LogP contribution in [-0.4, -0.2) is 12.8 Å². The quantitative estimate of drug-likeness (QED) is 0.787. The van der Waals surface area contributed by atoms with E-state index in [2.05, 4.69) is 11.4 Å². The Labute approximate surface area is 94.5 Å². The van der Waals surface area contributed by atoms with Gasteiger partial charge in [-0.1, -0.05) is 6.08 Å². The summed E-state index contributed by atoms with van der Waals surface area (Å²) in [6.45, 7) is 0.919. The van der Waals surface area contributed by atoms with Crippen molar-refractivity contribution >= 4 is 12.4 Å². The van der Waals surface area contributed by atoms with E-state index in [9.17, 15) is 4.39 Å². The maximum Gasteiger partial charge on any atom is 0.169 e. The average molecular weight is 230 g/mol. The molecule has 4 heteroatoms. The molecule has 82 valence electrons. The van der Waals surface area contributed by atoms with Crippen LogP contribution in [-0.2, 0) is 0 Å². The smallest absolute Gasteiger partial charge is 0.169 e. The van der Waals surface area contributed by atoms with Crippen LogP contribution in [0.3, 0.4) is 0 Å². The number of rotatable bonds is 2. The number of nitrogens with one attached hydrogen (secondary N) is 1. The van der Waals surface area contributed by atoms with E-state index >= 15 is 0 Å². The lowest BCUT2D eigenvalue weighted by Crippen LogP contribution is -2.35.